The van der Waals surface area contributed by atoms with Crippen molar-refractivity contribution in [3.63, 3.8) is 0 Å². The minimum absolute atomic E-state index is 0.0747. The minimum atomic E-state index is -0.375. The van der Waals surface area contributed by atoms with Crippen molar-refractivity contribution in [1.29, 1.82) is 0 Å². The molecule has 2 aromatic heterocycles. The fourth-order valence-corrected chi connectivity index (χ4v) is 4.83. The maximum Gasteiger partial charge on any atom is 0.326 e. The van der Waals surface area contributed by atoms with Crippen LogP contribution in [0.15, 0.2) is 24.3 Å². The Bertz CT molecular complexity index is 1050. The molecular weight excluding hydrogens is 412 g/mol. The molecule has 0 amide bonds. The van der Waals surface area contributed by atoms with E-state index in [2.05, 4.69) is 10.3 Å². The fourth-order valence-electron chi connectivity index (χ4n) is 3.70. The number of thiophene rings is 1. The van der Waals surface area contributed by atoms with Crippen molar-refractivity contribution < 1.29 is 9.66 Å². The summed E-state index contributed by atoms with van der Waals surface area (Å²) >= 11 is 7.32. The van der Waals surface area contributed by atoms with Crippen LogP contribution in [0.2, 0.25) is 5.02 Å². The lowest BCUT2D eigenvalue weighted by atomic mass is 9.89. The lowest BCUT2D eigenvalue weighted by Crippen LogP contribution is -2.11. The predicted octanol–water partition coefficient (Wildman–Crippen LogP) is 5.92. The SMILES string of the molecule is COc1ccc(CNc2nc(C3CCCCC3)nc3sc([N+](=O)[O-])cc23)cc1Cl. The number of nitrogens with one attached hydrogen (secondary N) is 1. The van der Waals surface area contributed by atoms with Crippen LogP contribution in [0, 0.1) is 10.1 Å². The normalized spacial score (nSPS) is 14.8. The highest BCUT2D eigenvalue weighted by Crippen LogP contribution is 2.37. The van der Waals surface area contributed by atoms with Gasteiger partial charge in [0.05, 0.1) is 22.4 Å². The number of hydrogen-bond acceptors (Lipinski definition) is 7. The van der Waals surface area contributed by atoms with E-state index in [1.807, 2.05) is 18.2 Å². The number of methoxy groups -OCH3 is 1. The maximum absolute atomic E-state index is 11.3. The molecule has 1 saturated carbocycles. The molecule has 0 radical (unpaired) electrons. The molecule has 1 aliphatic rings. The first-order valence-electron chi connectivity index (χ1n) is 9.57. The highest BCUT2D eigenvalue weighted by Gasteiger charge is 2.23. The Balaban J connectivity index is 1.66. The van der Waals surface area contributed by atoms with Gasteiger partial charge in [-0.05, 0) is 41.9 Å². The zero-order valence-corrected chi connectivity index (χ0v) is 17.6. The van der Waals surface area contributed by atoms with Gasteiger partial charge in [0.25, 0.3) is 0 Å². The molecule has 152 valence electrons. The van der Waals surface area contributed by atoms with Crippen molar-refractivity contribution in [3.8, 4) is 5.75 Å². The molecule has 0 unspecified atom stereocenters. The van der Waals surface area contributed by atoms with Gasteiger partial charge in [-0.2, -0.15) is 0 Å². The zero-order chi connectivity index (χ0) is 20.4. The summed E-state index contributed by atoms with van der Waals surface area (Å²) in [5.41, 5.74) is 0.964. The summed E-state index contributed by atoms with van der Waals surface area (Å²) < 4.78 is 5.19. The Kier molecular flexibility index (Phi) is 5.82. The minimum Gasteiger partial charge on any atom is -0.495 e. The molecule has 9 heteroatoms. The van der Waals surface area contributed by atoms with Crippen molar-refractivity contribution in [1.82, 2.24) is 9.97 Å². The van der Waals surface area contributed by atoms with Crippen molar-refractivity contribution >= 4 is 44.0 Å². The Hall–Kier alpha value is -2.45. The molecule has 0 atom stereocenters. The van der Waals surface area contributed by atoms with Gasteiger partial charge in [0.15, 0.2) is 0 Å². The lowest BCUT2D eigenvalue weighted by molar-refractivity contribution is -0.380. The van der Waals surface area contributed by atoms with E-state index in [1.54, 1.807) is 13.2 Å². The molecule has 0 saturated heterocycles. The van der Waals surface area contributed by atoms with E-state index in [-0.39, 0.29) is 9.92 Å². The van der Waals surface area contributed by atoms with Gasteiger partial charge in [0, 0.05) is 18.5 Å². The van der Waals surface area contributed by atoms with Gasteiger partial charge in [0.1, 0.15) is 22.2 Å². The Morgan fingerprint density at radius 1 is 1.28 bits per heavy atom. The molecule has 0 bridgehead atoms. The van der Waals surface area contributed by atoms with Crippen LogP contribution in [0.4, 0.5) is 10.8 Å². The van der Waals surface area contributed by atoms with Gasteiger partial charge in [-0.25, -0.2) is 9.97 Å². The summed E-state index contributed by atoms with van der Waals surface area (Å²) in [6, 6.07) is 7.13. The molecule has 0 spiro atoms. The number of hydrogen-bond donors (Lipinski definition) is 1. The number of nitro groups is 1. The standard InChI is InChI=1S/C20H21ClN4O3S/c1-28-16-8-7-12(9-15(16)21)11-22-19-14-10-17(25(26)27)29-20(14)24-18(23-19)13-5-3-2-4-6-13/h7-10,13H,2-6,11H2,1H3,(H,22,23,24). The molecule has 0 aliphatic heterocycles. The number of rotatable bonds is 6. The van der Waals surface area contributed by atoms with Gasteiger partial charge >= 0.3 is 5.00 Å². The fraction of sp³-hybridized carbons (Fsp3) is 0.400. The second kappa shape index (κ2) is 8.51. The van der Waals surface area contributed by atoms with E-state index in [1.165, 1.54) is 19.3 Å². The van der Waals surface area contributed by atoms with Crippen LogP contribution >= 0.6 is 22.9 Å². The van der Waals surface area contributed by atoms with E-state index in [0.717, 1.165) is 35.6 Å². The Labute approximate surface area is 177 Å². The summed E-state index contributed by atoms with van der Waals surface area (Å²) in [7, 11) is 1.58. The van der Waals surface area contributed by atoms with Crippen LogP contribution in [0.25, 0.3) is 10.2 Å². The molecule has 2 heterocycles. The molecule has 4 rings (SSSR count). The Morgan fingerprint density at radius 3 is 2.76 bits per heavy atom. The average Bonchev–Trinajstić information content (AvgIpc) is 3.17. The second-order valence-corrected chi connectivity index (χ2v) is 8.56. The van der Waals surface area contributed by atoms with Crippen LogP contribution in [0.3, 0.4) is 0 Å². The number of fused-ring (bicyclic) bond motifs is 1. The van der Waals surface area contributed by atoms with Crippen molar-refractivity contribution in [2.75, 3.05) is 12.4 Å². The third kappa shape index (κ3) is 4.28. The third-order valence-electron chi connectivity index (χ3n) is 5.22. The molecule has 1 aliphatic carbocycles. The quantitative estimate of drug-likeness (QED) is 0.384. The molecular formula is C20H21ClN4O3S. The van der Waals surface area contributed by atoms with Gasteiger partial charge in [-0.1, -0.05) is 36.9 Å². The van der Waals surface area contributed by atoms with E-state index >= 15 is 0 Å². The highest BCUT2D eigenvalue weighted by molar-refractivity contribution is 7.21. The second-order valence-electron chi connectivity index (χ2n) is 7.15. The molecule has 1 aromatic carbocycles. The first kappa shape index (κ1) is 19.8. The lowest BCUT2D eigenvalue weighted by Gasteiger charge is -2.21. The number of anilines is 1. The zero-order valence-electron chi connectivity index (χ0n) is 16.0. The van der Waals surface area contributed by atoms with Crippen molar-refractivity contribution in [2.24, 2.45) is 0 Å². The third-order valence-corrected chi connectivity index (χ3v) is 6.50. The van der Waals surface area contributed by atoms with E-state index < -0.39 is 0 Å². The van der Waals surface area contributed by atoms with Gasteiger partial charge < -0.3 is 10.1 Å². The van der Waals surface area contributed by atoms with Gasteiger partial charge in [-0.3, -0.25) is 10.1 Å². The maximum atomic E-state index is 11.3. The molecule has 3 aromatic rings. The van der Waals surface area contributed by atoms with Gasteiger partial charge in [0.2, 0.25) is 0 Å². The summed E-state index contributed by atoms with van der Waals surface area (Å²) in [4.78, 5) is 21.0. The van der Waals surface area contributed by atoms with Crippen LogP contribution in [-0.4, -0.2) is 22.0 Å². The number of halogens is 1. The van der Waals surface area contributed by atoms with Crippen LogP contribution in [0.1, 0.15) is 49.4 Å². The predicted molar refractivity (Wildman–Crippen MR) is 115 cm³/mol. The van der Waals surface area contributed by atoms with Crippen molar-refractivity contribution in [2.45, 2.75) is 44.6 Å². The topological polar surface area (TPSA) is 90.2 Å². The summed E-state index contributed by atoms with van der Waals surface area (Å²) in [5.74, 6) is 2.34. The summed E-state index contributed by atoms with van der Waals surface area (Å²) in [6.45, 7) is 0.490. The molecule has 1 fully saturated rings. The van der Waals surface area contributed by atoms with E-state index in [9.17, 15) is 10.1 Å². The van der Waals surface area contributed by atoms with Crippen LogP contribution in [-0.2, 0) is 6.54 Å². The van der Waals surface area contributed by atoms with Crippen LogP contribution < -0.4 is 10.1 Å². The summed E-state index contributed by atoms with van der Waals surface area (Å²) in [6.07, 6.45) is 5.71. The Morgan fingerprint density at radius 2 is 2.07 bits per heavy atom. The monoisotopic (exact) mass is 432 g/mol. The number of benzene rings is 1. The molecule has 7 nitrogen and oxygen atoms in total. The number of ether oxygens (including phenoxy) is 1. The summed E-state index contributed by atoms with van der Waals surface area (Å²) in [5, 5.41) is 15.9. The van der Waals surface area contributed by atoms with Gasteiger partial charge in [-0.15, -0.1) is 0 Å². The van der Waals surface area contributed by atoms with E-state index in [4.69, 9.17) is 21.3 Å². The van der Waals surface area contributed by atoms with E-state index in [0.29, 0.717) is 39.3 Å². The van der Waals surface area contributed by atoms with Crippen molar-refractivity contribution in [3.05, 3.63) is 50.8 Å². The van der Waals surface area contributed by atoms with Crippen LogP contribution in [0.5, 0.6) is 5.75 Å². The molecule has 1 N–H and O–H groups in total. The largest absolute Gasteiger partial charge is 0.495 e. The number of nitrogens with zero attached hydrogens (tertiary/aromatic N) is 3. The highest BCUT2D eigenvalue weighted by atomic mass is 35.5. The average molecular weight is 433 g/mol. The number of aromatic nitrogens is 2. The molecule has 29 heavy (non-hydrogen) atoms. The smallest absolute Gasteiger partial charge is 0.326 e. The first-order valence-corrected chi connectivity index (χ1v) is 10.8. The first-order chi connectivity index (χ1) is 14.0.